The molecule has 2 aromatic rings. The Morgan fingerprint density at radius 3 is 2.51 bits per heavy atom. The van der Waals surface area contributed by atoms with E-state index in [1.165, 1.54) is 12.1 Å². The number of carbonyl (C=O) groups excluding carboxylic acids is 2. The van der Waals surface area contributed by atoms with Gasteiger partial charge in [-0.2, -0.15) is 5.10 Å². The molecule has 0 bridgehead atoms. The van der Waals surface area contributed by atoms with Crippen molar-refractivity contribution in [3.05, 3.63) is 59.9 Å². The number of rotatable bonds is 6. The number of carbonyl (C=O) groups is 2. The fourth-order valence-electron chi connectivity index (χ4n) is 5.93. The first-order chi connectivity index (χ1) is 17.8. The first-order valence-corrected chi connectivity index (χ1v) is 12.9. The van der Waals surface area contributed by atoms with E-state index in [1.807, 2.05) is 23.1 Å². The van der Waals surface area contributed by atoms with Crippen molar-refractivity contribution in [2.45, 2.75) is 31.2 Å². The lowest BCUT2D eigenvalue weighted by Gasteiger charge is -2.42. The Balaban J connectivity index is 1.40. The van der Waals surface area contributed by atoms with Gasteiger partial charge in [-0.15, -0.1) is 0 Å². The lowest BCUT2D eigenvalue weighted by molar-refractivity contribution is -0.111. The standard InChI is InChI=1S/C28H34FN5O3/c1-20(35)26-28(21-8-5-4-6-9-21,12-7-13-32-14-16-33(17-15-32)27(36)31(2)3)25-19-37-24-11-10-22(29)18-23(24)34(25)30-26/h4-6,8-11,18,25H,7,12-17,19H2,1-3H3/t25?,28-/m0/s1. The van der Waals surface area contributed by atoms with Crippen molar-refractivity contribution in [3.63, 3.8) is 0 Å². The highest BCUT2D eigenvalue weighted by molar-refractivity contribution is 6.43. The summed E-state index contributed by atoms with van der Waals surface area (Å²) in [5.41, 5.74) is 1.38. The minimum absolute atomic E-state index is 0.0463. The summed E-state index contributed by atoms with van der Waals surface area (Å²) >= 11 is 0. The van der Waals surface area contributed by atoms with Crippen LogP contribution in [0.3, 0.4) is 0 Å². The first-order valence-electron chi connectivity index (χ1n) is 12.9. The number of hydrazone groups is 1. The van der Waals surface area contributed by atoms with Crippen LogP contribution in [0.4, 0.5) is 14.9 Å². The van der Waals surface area contributed by atoms with Crippen LogP contribution in [0, 0.1) is 5.82 Å². The molecular weight excluding hydrogens is 473 g/mol. The molecule has 1 saturated heterocycles. The second-order valence-electron chi connectivity index (χ2n) is 10.2. The number of urea groups is 1. The lowest BCUT2D eigenvalue weighted by Crippen LogP contribution is -2.54. The van der Waals surface area contributed by atoms with E-state index in [-0.39, 0.29) is 23.7 Å². The van der Waals surface area contributed by atoms with E-state index in [4.69, 9.17) is 9.84 Å². The second kappa shape index (κ2) is 10.1. The molecule has 196 valence electrons. The number of ether oxygens (including phenoxy) is 1. The van der Waals surface area contributed by atoms with Crippen molar-refractivity contribution in [3.8, 4) is 5.75 Å². The van der Waals surface area contributed by atoms with Crippen LogP contribution in [0.25, 0.3) is 0 Å². The highest BCUT2D eigenvalue weighted by atomic mass is 19.1. The zero-order valence-electron chi connectivity index (χ0n) is 21.7. The van der Waals surface area contributed by atoms with Crippen LogP contribution in [-0.2, 0) is 10.2 Å². The summed E-state index contributed by atoms with van der Waals surface area (Å²) in [4.78, 5) is 31.2. The average molecular weight is 508 g/mol. The van der Waals surface area contributed by atoms with Gasteiger partial charge in [0.15, 0.2) is 5.78 Å². The predicted molar refractivity (Wildman–Crippen MR) is 141 cm³/mol. The average Bonchev–Trinajstić information content (AvgIpc) is 3.25. The maximum absolute atomic E-state index is 14.2. The summed E-state index contributed by atoms with van der Waals surface area (Å²) in [5.74, 6) is 0.108. The Morgan fingerprint density at radius 1 is 1.11 bits per heavy atom. The van der Waals surface area contributed by atoms with Gasteiger partial charge < -0.3 is 14.5 Å². The number of hydrogen-bond donors (Lipinski definition) is 0. The van der Waals surface area contributed by atoms with Crippen LogP contribution in [0.1, 0.15) is 25.3 Å². The van der Waals surface area contributed by atoms with Gasteiger partial charge in [0, 0.05) is 53.3 Å². The quantitative estimate of drug-likeness (QED) is 0.600. The zero-order chi connectivity index (χ0) is 26.2. The molecule has 2 atom stereocenters. The van der Waals surface area contributed by atoms with Crippen LogP contribution in [0.15, 0.2) is 53.6 Å². The molecule has 0 aromatic heterocycles. The Bertz CT molecular complexity index is 1200. The Hall–Kier alpha value is -3.46. The molecule has 1 unspecified atom stereocenters. The number of fused-ring (bicyclic) bond motifs is 3. The number of amides is 2. The molecule has 0 N–H and O–H groups in total. The van der Waals surface area contributed by atoms with Crippen LogP contribution < -0.4 is 9.75 Å². The topological polar surface area (TPSA) is 68.7 Å². The maximum Gasteiger partial charge on any atom is 0.319 e. The largest absolute Gasteiger partial charge is 0.489 e. The molecule has 5 rings (SSSR count). The van der Waals surface area contributed by atoms with Gasteiger partial charge in [0.2, 0.25) is 0 Å². The lowest BCUT2D eigenvalue weighted by atomic mass is 9.67. The number of anilines is 1. The summed E-state index contributed by atoms with van der Waals surface area (Å²) in [6.07, 6.45) is 1.53. The Labute approximate surface area is 217 Å². The molecule has 8 nitrogen and oxygen atoms in total. The number of ketones is 1. The van der Waals surface area contributed by atoms with Gasteiger partial charge >= 0.3 is 6.03 Å². The van der Waals surface area contributed by atoms with Crippen LogP contribution in [-0.4, -0.2) is 91.7 Å². The molecule has 0 spiro atoms. The van der Waals surface area contributed by atoms with Crippen molar-refractivity contribution >= 4 is 23.2 Å². The number of Topliss-reactive ketones (excluding diaryl/α,β-unsaturated/α-hetero) is 1. The van der Waals surface area contributed by atoms with E-state index >= 15 is 0 Å². The van der Waals surface area contributed by atoms with Gasteiger partial charge in [-0.05, 0) is 37.1 Å². The van der Waals surface area contributed by atoms with E-state index in [1.54, 1.807) is 37.0 Å². The molecule has 0 radical (unpaired) electrons. The smallest absolute Gasteiger partial charge is 0.319 e. The molecule has 1 fully saturated rings. The molecule has 2 aromatic carbocycles. The summed E-state index contributed by atoms with van der Waals surface area (Å²) in [6.45, 7) is 5.79. The summed E-state index contributed by atoms with van der Waals surface area (Å²) in [6, 6.07) is 14.2. The normalized spacial score (nSPS) is 23.1. The second-order valence-corrected chi connectivity index (χ2v) is 10.2. The molecule has 3 aliphatic rings. The molecule has 9 heteroatoms. The van der Waals surface area contributed by atoms with E-state index in [0.717, 1.165) is 31.6 Å². The van der Waals surface area contributed by atoms with Gasteiger partial charge in [-0.25, -0.2) is 9.18 Å². The van der Waals surface area contributed by atoms with Crippen molar-refractivity contribution < 1.29 is 18.7 Å². The molecule has 0 aliphatic carbocycles. The highest BCUT2D eigenvalue weighted by Gasteiger charge is 2.55. The third-order valence-corrected chi connectivity index (χ3v) is 7.75. The predicted octanol–water partition coefficient (Wildman–Crippen LogP) is 3.37. The highest BCUT2D eigenvalue weighted by Crippen LogP contribution is 2.48. The third kappa shape index (κ3) is 4.56. The van der Waals surface area contributed by atoms with Gasteiger partial charge in [0.1, 0.15) is 35.6 Å². The van der Waals surface area contributed by atoms with Crippen molar-refractivity contribution in [2.24, 2.45) is 5.10 Å². The monoisotopic (exact) mass is 507 g/mol. The van der Waals surface area contributed by atoms with Crippen LogP contribution >= 0.6 is 0 Å². The van der Waals surface area contributed by atoms with Crippen LogP contribution in [0.2, 0.25) is 0 Å². The fraction of sp³-hybridized carbons (Fsp3) is 0.464. The van der Waals surface area contributed by atoms with Gasteiger partial charge in [-0.3, -0.25) is 14.7 Å². The number of halogens is 1. The SMILES string of the molecule is CC(=O)C1=NN2c3cc(F)ccc3OCC2[C@]1(CCCN1CCN(C(=O)N(C)C)CC1)c1ccccc1. The fourth-order valence-corrected chi connectivity index (χ4v) is 5.93. The molecule has 37 heavy (non-hydrogen) atoms. The van der Waals surface area contributed by atoms with Crippen molar-refractivity contribution in [2.75, 3.05) is 58.4 Å². The van der Waals surface area contributed by atoms with Crippen LogP contribution in [0.5, 0.6) is 5.75 Å². The van der Waals surface area contributed by atoms with Gasteiger partial charge in [0.05, 0.1) is 5.41 Å². The summed E-state index contributed by atoms with van der Waals surface area (Å²) in [5, 5.41) is 6.63. The minimum Gasteiger partial charge on any atom is -0.489 e. The minimum atomic E-state index is -0.681. The number of nitrogens with zero attached hydrogens (tertiary/aromatic N) is 5. The summed E-state index contributed by atoms with van der Waals surface area (Å²) < 4.78 is 20.3. The number of piperazine rings is 1. The van der Waals surface area contributed by atoms with Gasteiger partial charge in [-0.1, -0.05) is 30.3 Å². The number of hydrogen-bond acceptors (Lipinski definition) is 6. The Morgan fingerprint density at radius 2 is 1.84 bits per heavy atom. The first kappa shape index (κ1) is 25.2. The molecule has 2 amide bonds. The summed E-state index contributed by atoms with van der Waals surface area (Å²) in [7, 11) is 3.55. The molecule has 3 heterocycles. The van der Waals surface area contributed by atoms with E-state index < -0.39 is 5.41 Å². The Kier molecular flexibility index (Phi) is 6.90. The zero-order valence-corrected chi connectivity index (χ0v) is 21.7. The molecular formula is C28H34FN5O3. The molecule has 3 aliphatic heterocycles. The van der Waals surface area contributed by atoms with E-state index in [2.05, 4.69) is 17.0 Å². The number of benzene rings is 2. The maximum atomic E-state index is 14.2. The van der Waals surface area contributed by atoms with E-state index in [9.17, 15) is 14.0 Å². The van der Waals surface area contributed by atoms with Gasteiger partial charge in [0.25, 0.3) is 0 Å². The van der Waals surface area contributed by atoms with Crippen molar-refractivity contribution in [1.29, 1.82) is 0 Å². The van der Waals surface area contributed by atoms with Crippen molar-refractivity contribution in [1.82, 2.24) is 14.7 Å². The molecule has 0 saturated carbocycles. The third-order valence-electron chi connectivity index (χ3n) is 7.75. The van der Waals surface area contributed by atoms with E-state index in [0.29, 0.717) is 43.3 Å².